The van der Waals surface area contributed by atoms with Gasteiger partial charge in [0.05, 0.1) is 0 Å². The van der Waals surface area contributed by atoms with Gasteiger partial charge in [0.15, 0.2) is 0 Å². The highest BCUT2D eigenvalue weighted by Gasteiger charge is 2.47. The zero-order valence-corrected chi connectivity index (χ0v) is 13.7. The van der Waals surface area contributed by atoms with Crippen LogP contribution >= 0.6 is 0 Å². The lowest BCUT2D eigenvalue weighted by Crippen LogP contribution is -2.59. The first-order valence-corrected chi connectivity index (χ1v) is 8.61. The van der Waals surface area contributed by atoms with Crippen molar-refractivity contribution >= 4 is 5.69 Å². The van der Waals surface area contributed by atoms with Crippen LogP contribution < -0.4 is 4.90 Å². The summed E-state index contributed by atoms with van der Waals surface area (Å²) in [6, 6.07) is 18.1. The predicted octanol–water partition coefficient (Wildman–Crippen LogP) is 5.47. The van der Waals surface area contributed by atoms with Gasteiger partial charge in [-0.25, -0.2) is 0 Å². The molecule has 2 aliphatic rings. The minimum absolute atomic E-state index is 0.582. The maximum absolute atomic E-state index is 2.54. The third-order valence-electron chi connectivity index (χ3n) is 5.59. The fourth-order valence-corrected chi connectivity index (χ4v) is 3.88. The Morgan fingerprint density at radius 2 is 1.64 bits per heavy atom. The molecule has 114 valence electrons. The van der Waals surface area contributed by atoms with Gasteiger partial charge in [0, 0.05) is 24.2 Å². The number of nitrogens with zero attached hydrogens (tertiary/aromatic N) is 1. The number of rotatable bonds is 3. The van der Waals surface area contributed by atoms with Gasteiger partial charge in [-0.1, -0.05) is 56.7 Å². The SMILES string of the molecule is CC(C)c1cccc(-c2ccc(N3CC4(CCC4)C3)cc2)c1. The molecule has 0 bridgehead atoms. The zero-order chi connectivity index (χ0) is 15.2. The van der Waals surface area contributed by atoms with Crippen molar-refractivity contribution in [1.82, 2.24) is 0 Å². The molecule has 1 aliphatic carbocycles. The normalized spacial score (nSPS) is 19.1. The second kappa shape index (κ2) is 5.15. The van der Waals surface area contributed by atoms with Gasteiger partial charge in [-0.2, -0.15) is 0 Å². The average Bonchev–Trinajstić information content (AvgIpc) is 2.45. The molecule has 1 nitrogen and oxygen atoms in total. The molecule has 0 N–H and O–H groups in total. The smallest absolute Gasteiger partial charge is 0.0367 e. The monoisotopic (exact) mass is 291 g/mol. The van der Waals surface area contributed by atoms with Crippen molar-refractivity contribution in [3.8, 4) is 11.1 Å². The molecule has 0 amide bonds. The molecule has 2 aromatic rings. The van der Waals surface area contributed by atoms with Crippen LogP contribution in [0.5, 0.6) is 0 Å². The summed E-state index contributed by atoms with van der Waals surface area (Å²) < 4.78 is 0. The summed E-state index contributed by atoms with van der Waals surface area (Å²) in [6.45, 7) is 7.05. The van der Waals surface area contributed by atoms with Crippen LogP contribution in [-0.4, -0.2) is 13.1 Å². The summed E-state index contributed by atoms with van der Waals surface area (Å²) in [7, 11) is 0. The van der Waals surface area contributed by atoms with Crippen molar-refractivity contribution in [2.45, 2.75) is 39.0 Å². The molecular formula is C21H25N. The minimum atomic E-state index is 0.582. The van der Waals surface area contributed by atoms with Gasteiger partial charge in [-0.3, -0.25) is 0 Å². The third-order valence-corrected chi connectivity index (χ3v) is 5.59. The first kappa shape index (κ1) is 13.9. The Bertz CT molecular complexity index is 657. The van der Waals surface area contributed by atoms with Crippen molar-refractivity contribution < 1.29 is 0 Å². The van der Waals surface area contributed by atoms with Gasteiger partial charge >= 0.3 is 0 Å². The summed E-state index contributed by atoms with van der Waals surface area (Å²) in [6.07, 6.45) is 4.34. The van der Waals surface area contributed by atoms with Crippen LogP contribution in [0, 0.1) is 5.41 Å². The summed E-state index contributed by atoms with van der Waals surface area (Å²) in [5.74, 6) is 0.582. The Balaban J connectivity index is 1.51. The standard InChI is InChI=1S/C21H25N/c1-16(2)18-5-3-6-19(13-18)17-7-9-20(10-8-17)22-14-21(15-22)11-4-12-21/h3,5-10,13,16H,4,11-12,14-15H2,1-2H3. The molecule has 2 aromatic carbocycles. The lowest BCUT2D eigenvalue weighted by molar-refractivity contribution is 0.0904. The van der Waals surface area contributed by atoms with E-state index >= 15 is 0 Å². The van der Waals surface area contributed by atoms with Gasteiger partial charge in [0.2, 0.25) is 0 Å². The Kier molecular flexibility index (Phi) is 3.25. The maximum atomic E-state index is 2.54. The lowest BCUT2D eigenvalue weighted by atomic mass is 9.63. The zero-order valence-electron chi connectivity index (χ0n) is 13.7. The molecule has 1 saturated carbocycles. The minimum Gasteiger partial charge on any atom is -0.370 e. The van der Waals surface area contributed by atoms with Gasteiger partial charge in [0.1, 0.15) is 0 Å². The van der Waals surface area contributed by atoms with Gasteiger partial charge in [0.25, 0.3) is 0 Å². The summed E-state index contributed by atoms with van der Waals surface area (Å²) >= 11 is 0. The molecule has 1 saturated heterocycles. The molecule has 4 rings (SSSR count). The second-order valence-corrected chi connectivity index (χ2v) is 7.54. The van der Waals surface area contributed by atoms with E-state index in [4.69, 9.17) is 0 Å². The van der Waals surface area contributed by atoms with Crippen LogP contribution in [0.4, 0.5) is 5.69 Å². The van der Waals surface area contributed by atoms with Crippen LogP contribution in [0.15, 0.2) is 48.5 Å². The molecule has 1 aliphatic heterocycles. The Morgan fingerprint density at radius 3 is 2.23 bits per heavy atom. The molecule has 2 fully saturated rings. The molecule has 0 unspecified atom stereocenters. The van der Waals surface area contributed by atoms with Crippen LogP contribution in [-0.2, 0) is 0 Å². The molecule has 0 radical (unpaired) electrons. The molecule has 0 aromatic heterocycles. The Labute approximate surface area is 134 Å². The highest BCUT2D eigenvalue weighted by atomic mass is 15.2. The molecule has 1 heteroatoms. The third kappa shape index (κ3) is 2.33. The topological polar surface area (TPSA) is 3.24 Å². The summed E-state index contributed by atoms with van der Waals surface area (Å²) in [4.78, 5) is 2.54. The first-order valence-electron chi connectivity index (χ1n) is 8.61. The second-order valence-electron chi connectivity index (χ2n) is 7.54. The number of hydrogen-bond donors (Lipinski definition) is 0. The highest BCUT2D eigenvalue weighted by molar-refractivity contribution is 5.67. The van der Waals surface area contributed by atoms with Crippen LogP contribution in [0.25, 0.3) is 11.1 Å². The van der Waals surface area contributed by atoms with Crippen LogP contribution in [0.3, 0.4) is 0 Å². The van der Waals surface area contributed by atoms with E-state index in [-0.39, 0.29) is 0 Å². The fourth-order valence-electron chi connectivity index (χ4n) is 3.88. The highest BCUT2D eigenvalue weighted by Crippen LogP contribution is 2.49. The average molecular weight is 291 g/mol. The largest absolute Gasteiger partial charge is 0.370 e. The van der Waals surface area contributed by atoms with Crippen molar-refractivity contribution in [3.05, 3.63) is 54.1 Å². The number of hydrogen-bond acceptors (Lipinski definition) is 1. The van der Waals surface area contributed by atoms with Crippen molar-refractivity contribution in [3.63, 3.8) is 0 Å². The Hall–Kier alpha value is -1.76. The van der Waals surface area contributed by atoms with E-state index in [1.807, 2.05) is 0 Å². The quantitative estimate of drug-likeness (QED) is 0.725. The maximum Gasteiger partial charge on any atom is 0.0367 e. The first-order chi connectivity index (χ1) is 10.7. The van der Waals surface area contributed by atoms with Crippen molar-refractivity contribution in [2.24, 2.45) is 5.41 Å². The van der Waals surface area contributed by atoms with Gasteiger partial charge in [-0.05, 0) is 47.6 Å². The van der Waals surface area contributed by atoms with Crippen molar-refractivity contribution in [1.29, 1.82) is 0 Å². The fraction of sp³-hybridized carbons (Fsp3) is 0.429. The van der Waals surface area contributed by atoms with E-state index in [0.717, 1.165) is 0 Å². The van der Waals surface area contributed by atoms with E-state index in [1.165, 1.54) is 54.7 Å². The molecule has 22 heavy (non-hydrogen) atoms. The van der Waals surface area contributed by atoms with E-state index in [0.29, 0.717) is 11.3 Å². The summed E-state index contributed by atoms with van der Waals surface area (Å²) in [5.41, 5.74) is 6.16. The van der Waals surface area contributed by atoms with E-state index < -0.39 is 0 Å². The van der Waals surface area contributed by atoms with E-state index in [9.17, 15) is 0 Å². The lowest BCUT2D eigenvalue weighted by Gasteiger charge is -2.57. The molecular weight excluding hydrogens is 266 g/mol. The van der Waals surface area contributed by atoms with Gasteiger partial charge in [-0.15, -0.1) is 0 Å². The number of anilines is 1. The molecule has 1 heterocycles. The predicted molar refractivity (Wildman–Crippen MR) is 94.5 cm³/mol. The Morgan fingerprint density at radius 1 is 0.909 bits per heavy atom. The number of benzene rings is 2. The van der Waals surface area contributed by atoms with Gasteiger partial charge < -0.3 is 4.90 Å². The van der Waals surface area contributed by atoms with Crippen LogP contribution in [0.2, 0.25) is 0 Å². The van der Waals surface area contributed by atoms with E-state index in [2.05, 4.69) is 67.3 Å². The van der Waals surface area contributed by atoms with E-state index in [1.54, 1.807) is 0 Å². The molecule has 1 spiro atoms. The molecule has 0 atom stereocenters. The summed E-state index contributed by atoms with van der Waals surface area (Å²) in [5, 5.41) is 0. The van der Waals surface area contributed by atoms with Crippen molar-refractivity contribution in [2.75, 3.05) is 18.0 Å². The van der Waals surface area contributed by atoms with Crippen LogP contribution in [0.1, 0.15) is 44.6 Å².